The standard InChI is InChI=1S/C15H16BrNO2S/c1-10-4-3-5-11(2)13(10)9-20(18,19)15-8-12(16)6-7-14(15)17/h3-8H,9,17H2,1-2H3. The molecule has 0 saturated heterocycles. The molecule has 106 valence electrons. The van der Waals surface area contributed by atoms with Gasteiger partial charge in [0.1, 0.15) is 0 Å². The first-order chi connectivity index (χ1) is 9.31. The summed E-state index contributed by atoms with van der Waals surface area (Å²) in [6.07, 6.45) is 0. The largest absolute Gasteiger partial charge is 0.398 e. The quantitative estimate of drug-likeness (QED) is 0.857. The Bertz CT molecular complexity index is 734. The normalized spacial score (nSPS) is 11.6. The van der Waals surface area contributed by atoms with Gasteiger partial charge in [0.25, 0.3) is 0 Å². The molecule has 2 N–H and O–H groups in total. The zero-order valence-electron chi connectivity index (χ0n) is 11.4. The minimum atomic E-state index is -3.47. The summed E-state index contributed by atoms with van der Waals surface area (Å²) in [7, 11) is -3.47. The van der Waals surface area contributed by atoms with Crippen LogP contribution in [0.25, 0.3) is 0 Å². The molecule has 0 spiro atoms. The van der Waals surface area contributed by atoms with Crippen LogP contribution in [-0.2, 0) is 15.6 Å². The van der Waals surface area contributed by atoms with E-state index in [1.807, 2.05) is 32.0 Å². The first-order valence-electron chi connectivity index (χ1n) is 6.14. The zero-order chi connectivity index (χ0) is 14.9. The van der Waals surface area contributed by atoms with Crippen molar-refractivity contribution < 1.29 is 8.42 Å². The molecule has 2 aromatic rings. The predicted molar refractivity (Wildman–Crippen MR) is 85.4 cm³/mol. The average Bonchev–Trinajstić information content (AvgIpc) is 2.37. The van der Waals surface area contributed by atoms with E-state index >= 15 is 0 Å². The topological polar surface area (TPSA) is 60.2 Å². The first-order valence-corrected chi connectivity index (χ1v) is 8.58. The molecule has 2 aromatic carbocycles. The monoisotopic (exact) mass is 353 g/mol. The Morgan fingerprint density at radius 1 is 1.10 bits per heavy atom. The van der Waals surface area contributed by atoms with Crippen LogP contribution in [0, 0.1) is 13.8 Å². The lowest BCUT2D eigenvalue weighted by atomic mass is 10.1. The molecule has 0 aliphatic rings. The number of nitrogens with two attached hydrogens (primary N) is 1. The fourth-order valence-corrected chi connectivity index (χ4v) is 4.36. The highest BCUT2D eigenvalue weighted by molar-refractivity contribution is 9.10. The first kappa shape index (κ1) is 15.1. The van der Waals surface area contributed by atoms with E-state index in [9.17, 15) is 8.42 Å². The van der Waals surface area contributed by atoms with E-state index in [1.165, 1.54) is 0 Å². The molecule has 0 aliphatic heterocycles. The highest BCUT2D eigenvalue weighted by atomic mass is 79.9. The van der Waals surface area contributed by atoms with Crippen LogP contribution < -0.4 is 5.73 Å². The molecular formula is C15H16BrNO2S. The summed E-state index contributed by atoms with van der Waals surface area (Å²) in [5.74, 6) is -0.0356. The molecule has 0 bridgehead atoms. The van der Waals surface area contributed by atoms with Crippen molar-refractivity contribution in [3.63, 3.8) is 0 Å². The molecule has 0 fully saturated rings. The maximum absolute atomic E-state index is 12.6. The van der Waals surface area contributed by atoms with Gasteiger partial charge in [-0.1, -0.05) is 34.1 Å². The van der Waals surface area contributed by atoms with Crippen LogP contribution in [0.2, 0.25) is 0 Å². The van der Waals surface area contributed by atoms with Crippen molar-refractivity contribution in [1.29, 1.82) is 0 Å². The highest BCUT2D eigenvalue weighted by Gasteiger charge is 2.20. The van der Waals surface area contributed by atoms with E-state index in [0.29, 0.717) is 4.47 Å². The summed E-state index contributed by atoms with van der Waals surface area (Å²) in [6.45, 7) is 3.84. The van der Waals surface area contributed by atoms with Gasteiger partial charge < -0.3 is 5.73 Å². The number of nitrogen functional groups attached to an aromatic ring is 1. The third-order valence-electron chi connectivity index (χ3n) is 3.29. The maximum Gasteiger partial charge on any atom is 0.184 e. The van der Waals surface area contributed by atoms with Gasteiger partial charge in [-0.15, -0.1) is 0 Å². The number of aryl methyl sites for hydroxylation is 2. The number of hydrogen-bond acceptors (Lipinski definition) is 3. The Morgan fingerprint density at radius 2 is 1.70 bits per heavy atom. The van der Waals surface area contributed by atoms with Gasteiger partial charge in [-0.2, -0.15) is 0 Å². The second kappa shape index (κ2) is 5.58. The van der Waals surface area contributed by atoms with E-state index in [-0.39, 0.29) is 16.3 Å². The van der Waals surface area contributed by atoms with E-state index < -0.39 is 9.84 Å². The molecule has 0 aliphatic carbocycles. The molecule has 3 nitrogen and oxygen atoms in total. The van der Waals surface area contributed by atoms with Crippen molar-refractivity contribution in [2.24, 2.45) is 0 Å². The summed E-state index contributed by atoms with van der Waals surface area (Å²) in [4.78, 5) is 0.175. The SMILES string of the molecule is Cc1cccc(C)c1CS(=O)(=O)c1cc(Br)ccc1N. The summed E-state index contributed by atoms with van der Waals surface area (Å²) >= 11 is 3.28. The van der Waals surface area contributed by atoms with Crippen molar-refractivity contribution in [2.75, 3.05) is 5.73 Å². The number of anilines is 1. The third-order valence-corrected chi connectivity index (χ3v) is 5.48. The van der Waals surface area contributed by atoms with Gasteiger partial charge in [0.05, 0.1) is 16.3 Å². The van der Waals surface area contributed by atoms with E-state index in [0.717, 1.165) is 16.7 Å². The molecule has 0 atom stereocenters. The molecule has 2 rings (SSSR count). The van der Waals surface area contributed by atoms with E-state index in [2.05, 4.69) is 15.9 Å². The molecule has 0 aromatic heterocycles. The van der Waals surface area contributed by atoms with Gasteiger partial charge in [0.15, 0.2) is 9.84 Å². The van der Waals surface area contributed by atoms with Gasteiger partial charge >= 0.3 is 0 Å². The lowest BCUT2D eigenvalue weighted by Crippen LogP contribution is -2.10. The molecule has 0 heterocycles. The van der Waals surface area contributed by atoms with Crippen molar-refractivity contribution >= 4 is 31.5 Å². The van der Waals surface area contributed by atoms with Crippen LogP contribution >= 0.6 is 15.9 Å². The second-order valence-electron chi connectivity index (χ2n) is 4.81. The van der Waals surface area contributed by atoms with Crippen LogP contribution in [0.1, 0.15) is 16.7 Å². The number of benzene rings is 2. The molecule has 0 saturated carbocycles. The highest BCUT2D eigenvalue weighted by Crippen LogP contribution is 2.27. The number of rotatable bonds is 3. The Kier molecular flexibility index (Phi) is 4.20. The third kappa shape index (κ3) is 3.04. The van der Waals surface area contributed by atoms with Gasteiger partial charge in [-0.05, 0) is 48.7 Å². The summed E-state index contributed by atoms with van der Waals surface area (Å²) in [5, 5.41) is 0. The van der Waals surface area contributed by atoms with Gasteiger partial charge in [0, 0.05) is 4.47 Å². The lowest BCUT2D eigenvalue weighted by Gasteiger charge is -2.12. The van der Waals surface area contributed by atoms with Gasteiger partial charge in [-0.25, -0.2) is 8.42 Å². The van der Waals surface area contributed by atoms with Crippen molar-refractivity contribution in [3.05, 3.63) is 57.6 Å². The van der Waals surface area contributed by atoms with E-state index in [1.54, 1.807) is 18.2 Å². The van der Waals surface area contributed by atoms with Gasteiger partial charge in [-0.3, -0.25) is 0 Å². The predicted octanol–water partition coefficient (Wildman–Crippen LogP) is 3.62. The zero-order valence-corrected chi connectivity index (χ0v) is 13.8. The Balaban J connectivity index is 2.49. The fraction of sp³-hybridized carbons (Fsp3) is 0.200. The minimum absolute atomic E-state index is 0.0356. The fourth-order valence-electron chi connectivity index (χ4n) is 2.12. The number of hydrogen-bond donors (Lipinski definition) is 1. The molecule has 0 unspecified atom stereocenters. The Labute approximate surface area is 127 Å². The Morgan fingerprint density at radius 3 is 2.30 bits per heavy atom. The number of sulfone groups is 1. The molecule has 0 radical (unpaired) electrons. The summed E-state index contributed by atoms with van der Waals surface area (Å²) in [5.41, 5.74) is 8.87. The van der Waals surface area contributed by atoms with Gasteiger partial charge in [0.2, 0.25) is 0 Å². The molecule has 0 amide bonds. The van der Waals surface area contributed by atoms with Crippen LogP contribution in [0.3, 0.4) is 0 Å². The second-order valence-corrected chi connectivity index (χ2v) is 7.69. The Hall–Kier alpha value is -1.33. The lowest BCUT2D eigenvalue weighted by molar-refractivity contribution is 0.595. The van der Waals surface area contributed by atoms with Crippen LogP contribution in [-0.4, -0.2) is 8.42 Å². The number of halogens is 1. The van der Waals surface area contributed by atoms with Crippen molar-refractivity contribution in [3.8, 4) is 0 Å². The molecular weight excluding hydrogens is 338 g/mol. The van der Waals surface area contributed by atoms with Crippen LogP contribution in [0.15, 0.2) is 45.8 Å². The van der Waals surface area contributed by atoms with Crippen molar-refractivity contribution in [1.82, 2.24) is 0 Å². The summed E-state index contributed by atoms with van der Waals surface area (Å²) in [6, 6.07) is 10.6. The van der Waals surface area contributed by atoms with E-state index in [4.69, 9.17) is 5.73 Å². The maximum atomic E-state index is 12.6. The van der Waals surface area contributed by atoms with Crippen LogP contribution in [0.5, 0.6) is 0 Å². The molecule has 5 heteroatoms. The smallest absolute Gasteiger partial charge is 0.184 e. The van der Waals surface area contributed by atoms with Crippen molar-refractivity contribution in [2.45, 2.75) is 24.5 Å². The van der Waals surface area contributed by atoms with Crippen LogP contribution in [0.4, 0.5) is 5.69 Å². The summed E-state index contributed by atoms with van der Waals surface area (Å²) < 4.78 is 25.9. The average molecular weight is 354 g/mol. The minimum Gasteiger partial charge on any atom is -0.398 e. The molecule has 20 heavy (non-hydrogen) atoms.